The Labute approximate surface area is 39.0 Å². The Morgan fingerprint density at radius 3 is 3.17 bits per heavy atom. The van der Waals surface area contributed by atoms with Crippen LogP contribution in [0.3, 0.4) is 0 Å². The van der Waals surface area contributed by atoms with Gasteiger partial charge in [-0.1, -0.05) is 6.55 Å². The molecule has 0 aromatic rings. The van der Waals surface area contributed by atoms with E-state index >= 15 is 0 Å². The molecule has 0 saturated heterocycles. The van der Waals surface area contributed by atoms with Gasteiger partial charge in [-0.25, -0.2) is 4.79 Å². The fourth-order valence-electron chi connectivity index (χ4n) is 0. The second kappa shape index (κ2) is 1.60. The average Bonchev–Trinajstić information content (AvgIpc) is 1.84. The van der Waals surface area contributed by atoms with Gasteiger partial charge in [-0.15, -0.1) is 0 Å². The maximum absolute atomic E-state index is 10.1. The van der Waals surface area contributed by atoms with Gasteiger partial charge in [0.05, 0.1) is 1.37 Å². The lowest BCUT2D eigenvalue weighted by molar-refractivity contribution is -0.132. The van der Waals surface area contributed by atoms with Crippen LogP contribution in [0.2, 0.25) is 0 Å². The SMILES string of the molecule is [2H]C=C(C)C(=O)O[2H]. The summed E-state index contributed by atoms with van der Waals surface area (Å²) in [7, 11) is 0. The highest BCUT2D eigenvalue weighted by molar-refractivity contribution is 5.84. The maximum atomic E-state index is 10.1. The number of hydrogen-bond acceptors (Lipinski definition) is 2. The minimum Gasteiger partial charge on any atom is -0.478 e. The summed E-state index contributed by atoms with van der Waals surface area (Å²) in [5.74, 6) is -0.778. The van der Waals surface area contributed by atoms with Crippen LogP contribution in [0.4, 0.5) is 0 Å². The molecule has 0 saturated carbocycles. The van der Waals surface area contributed by atoms with Crippen molar-refractivity contribution >= 4 is 5.97 Å². The van der Waals surface area contributed by atoms with E-state index < -0.39 is 5.97 Å². The van der Waals surface area contributed by atoms with Crippen LogP contribution in [0, 0.1) is 0 Å². The Bertz CT molecular complexity index is 119. The van der Waals surface area contributed by atoms with Gasteiger partial charge in [-0.3, -0.25) is 0 Å². The molecule has 0 unspecified atom stereocenters. The molecule has 0 aliphatic heterocycles. The van der Waals surface area contributed by atoms with Gasteiger partial charge in [0.1, 0.15) is 0 Å². The number of carboxylic acids is 1. The average molecular weight is 88.1 g/mol. The molecule has 0 atom stereocenters. The minimum atomic E-state index is -0.778. The highest BCUT2D eigenvalue weighted by atomic mass is 16.4. The third-order valence-electron chi connectivity index (χ3n) is 0.322. The molecule has 34 valence electrons. The highest BCUT2D eigenvalue weighted by Gasteiger charge is 1.90. The summed E-state index contributed by atoms with van der Waals surface area (Å²) in [6.07, 6.45) is 0. The van der Waals surface area contributed by atoms with Crippen molar-refractivity contribution in [1.82, 2.24) is 0 Å². The summed E-state index contributed by atoms with van der Waals surface area (Å²) in [6, 6.07) is 0. The molecule has 0 heterocycles. The fraction of sp³-hybridized carbons (Fsp3) is 0.250. The van der Waals surface area contributed by atoms with Crippen molar-refractivity contribution in [1.29, 1.82) is 1.43 Å². The Morgan fingerprint density at radius 2 is 3.00 bits per heavy atom. The molecule has 0 rings (SSSR count). The fourth-order valence-corrected chi connectivity index (χ4v) is 0. The molecule has 0 aliphatic rings. The van der Waals surface area contributed by atoms with Crippen molar-refractivity contribution in [2.24, 2.45) is 0 Å². The number of hydrogen-bond donors (Lipinski definition) is 1. The Kier molecular flexibility index (Phi) is 0.638. The van der Waals surface area contributed by atoms with Crippen molar-refractivity contribution in [3.63, 3.8) is 0 Å². The van der Waals surface area contributed by atoms with Gasteiger partial charge in [-0.2, -0.15) is 0 Å². The zero-order valence-corrected chi connectivity index (χ0v) is 3.39. The third kappa shape index (κ3) is 1.52. The lowest BCUT2D eigenvalue weighted by atomic mass is 10.4. The largest absolute Gasteiger partial charge is 0.478 e. The summed E-state index contributed by atoms with van der Waals surface area (Å²) in [5, 5.41) is 3.53. The van der Waals surface area contributed by atoms with Crippen LogP contribution >= 0.6 is 0 Å². The number of carboxylic acid groups (broad SMARTS) is 1. The number of rotatable bonds is 1. The van der Waals surface area contributed by atoms with Crippen molar-refractivity contribution in [3.05, 3.63) is 12.1 Å². The number of aliphatic carboxylic acids is 1. The van der Waals surface area contributed by atoms with Gasteiger partial charge in [0.15, 0.2) is 0 Å². The highest BCUT2D eigenvalue weighted by Crippen LogP contribution is 1.81. The molecule has 1 N–H and O–H groups in total. The van der Waals surface area contributed by atoms with E-state index in [1.165, 1.54) is 6.92 Å². The van der Waals surface area contributed by atoms with Crippen molar-refractivity contribution in [2.75, 3.05) is 0 Å². The summed E-state index contributed by atoms with van der Waals surface area (Å²) >= 11 is 0. The first-order chi connectivity index (χ1) is 3.72. The van der Waals surface area contributed by atoms with E-state index in [1.54, 1.807) is 0 Å². The summed E-state index contributed by atoms with van der Waals surface area (Å²) in [4.78, 5) is 10.1. The predicted molar refractivity (Wildman–Crippen MR) is 22.4 cm³/mol. The van der Waals surface area contributed by atoms with Gasteiger partial charge in [0.25, 0.3) is 1.43 Å². The van der Waals surface area contributed by atoms with E-state index in [2.05, 4.69) is 5.11 Å². The Hall–Kier alpha value is -0.790. The quantitative estimate of drug-likeness (QED) is 0.478. The first-order valence-corrected chi connectivity index (χ1v) is 1.45. The van der Waals surface area contributed by atoms with Crippen LogP contribution in [-0.4, -0.2) is 11.1 Å². The first kappa shape index (κ1) is 2.39. The Morgan fingerprint density at radius 1 is 2.33 bits per heavy atom. The van der Waals surface area contributed by atoms with Gasteiger partial charge in [0, 0.05) is 5.57 Å². The van der Waals surface area contributed by atoms with Gasteiger partial charge >= 0.3 is 5.97 Å². The summed E-state index contributed by atoms with van der Waals surface area (Å²) in [5.41, 5.74) is 0.125. The molecule has 2 nitrogen and oxygen atoms in total. The van der Waals surface area contributed by atoms with Crippen LogP contribution in [0.1, 0.15) is 8.29 Å². The molecule has 0 amide bonds. The summed E-state index contributed by atoms with van der Waals surface area (Å²) < 4.78 is 12.6. The van der Waals surface area contributed by atoms with E-state index in [0.717, 1.165) is 6.55 Å². The van der Waals surface area contributed by atoms with E-state index in [-0.39, 0.29) is 5.57 Å². The predicted octanol–water partition coefficient (Wildman–Crippen LogP) is 0.647. The van der Waals surface area contributed by atoms with E-state index in [4.69, 9.17) is 2.80 Å². The van der Waals surface area contributed by atoms with Gasteiger partial charge in [-0.05, 0) is 6.92 Å². The molecule has 0 aromatic carbocycles. The monoisotopic (exact) mass is 88.0 g/mol. The summed E-state index contributed by atoms with van der Waals surface area (Å²) in [6.45, 7) is 2.25. The van der Waals surface area contributed by atoms with Crippen molar-refractivity contribution in [2.45, 2.75) is 6.92 Å². The Balaban J connectivity index is 3.83. The smallest absolute Gasteiger partial charge is 0.330 e. The molecule has 0 spiro atoms. The van der Waals surface area contributed by atoms with Crippen LogP contribution in [0.15, 0.2) is 12.1 Å². The standard InChI is InChI=1S/C4H6O2/c1-3(2)4(5)6/h1H2,2H3,(H,5,6)/i1D/hD. The van der Waals surface area contributed by atoms with Gasteiger partial charge in [0.2, 0.25) is 0 Å². The first-order valence-electron chi connectivity index (χ1n) is 2.43. The molecule has 0 bridgehead atoms. The molecule has 2 heteroatoms. The second-order valence-electron chi connectivity index (χ2n) is 0.970. The molecular formula is C4H6O2. The normalized spacial score (nSPS) is 15.2. The zero-order valence-electron chi connectivity index (χ0n) is 5.39. The molecule has 0 aliphatic carbocycles. The van der Waals surface area contributed by atoms with Crippen LogP contribution in [0.25, 0.3) is 1.43 Å². The third-order valence-corrected chi connectivity index (χ3v) is 0.322. The maximum Gasteiger partial charge on any atom is 0.330 e. The molecule has 0 radical (unpaired) electrons. The van der Waals surface area contributed by atoms with Crippen molar-refractivity contribution < 1.29 is 11.3 Å². The number of carbonyl (C=O) groups is 1. The van der Waals surface area contributed by atoms with Crippen LogP contribution < -0.4 is 0 Å². The molecule has 0 aromatic heterocycles. The molecule has 6 heavy (non-hydrogen) atoms. The minimum absolute atomic E-state index is 0.125. The topological polar surface area (TPSA) is 37.3 Å². The lowest BCUT2D eigenvalue weighted by Gasteiger charge is -1.79. The zero-order chi connectivity index (χ0) is 6.57. The van der Waals surface area contributed by atoms with Crippen molar-refractivity contribution in [3.8, 4) is 0 Å². The van der Waals surface area contributed by atoms with Crippen LogP contribution in [-0.2, 0) is 4.79 Å². The molecule has 0 fully saturated rings. The molecular weight excluding hydrogens is 80.0 g/mol. The van der Waals surface area contributed by atoms with Crippen LogP contribution in [0.5, 0.6) is 0 Å². The van der Waals surface area contributed by atoms with Gasteiger partial charge < -0.3 is 5.11 Å². The van der Waals surface area contributed by atoms with E-state index in [1.807, 2.05) is 0 Å². The van der Waals surface area contributed by atoms with E-state index in [0.29, 0.717) is 0 Å². The van der Waals surface area contributed by atoms with E-state index in [9.17, 15) is 4.79 Å². The lowest BCUT2D eigenvalue weighted by Crippen LogP contribution is -1.92. The second-order valence-corrected chi connectivity index (χ2v) is 0.970.